The predicted octanol–water partition coefficient (Wildman–Crippen LogP) is 2.20. The third kappa shape index (κ3) is 3.63. The Morgan fingerprint density at radius 2 is 2.14 bits per heavy atom. The Kier molecular flexibility index (Phi) is 5.35. The molecule has 0 atom stereocenters. The van der Waals surface area contributed by atoms with Crippen LogP contribution in [0, 0.1) is 0 Å². The Morgan fingerprint density at radius 1 is 1.31 bits per heavy atom. The van der Waals surface area contributed by atoms with E-state index in [4.69, 9.17) is 4.74 Å². The molecule has 29 heavy (non-hydrogen) atoms. The molecule has 0 unspecified atom stereocenters. The van der Waals surface area contributed by atoms with Gasteiger partial charge in [-0.25, -0.2) is 0 Å². The second-order valence-corrected chi connectivity index (χ2v) is 7.15. The molecule has 2 aromatic heterocycles. The first-order valence-corrected chi connectivity index (χ1v) is 9.83. The molecular weight excluding hydrogens is 370 g/mol. The number of aromatic amines is 2. The van der Waals surface area contributed by atoms with Gasteiger partial charge >= 0.3 is 0 Å². The number of aromatic nitrogens is 3. The first-order valence-electron chi connectivity index (χ1n) is 9.83. The Balaban J connectivity index is 1.55. The number of carbonyl (C=O) groups excluding carboxylic acids is 2. The lowest BCUT2D eigenvalue weighted by atomic mass is 10.0. The maximum Gasteiger partial charge on any atom is 0.274 e. The zero-order valence-corrected chi connectivity index (χ0v) is 16.7. The number of fused-ring (bicyclic) bond motifs is 2. The van der Waals surface area contributed by atoms with Crippen molar-refractivity contribution in [3.63, 3.8) is 0 Å². The fourth-order valence-electron chi connectivity index (χ4n) is 3.76. The van der Waals surface area contributed by atoms with Crippen molar-refractivity contribution in [2.75, 3.05) is 33.4 Å². The summed E-state index contributed by atoms with van der Waals surface area (Å²) in [6, 6.07) is 9.69. The zero-order chi connectivity index (χ0) is 20.4. The smallest absolute Gasteiger partial charge is 0.274 e. The molecule has 0 saturated carbocycles. The summed E-state index contributed by atoms with van der Waals surface area (Å²) in [5.41, 5.74) is 3.62. The number of amides is 2. The van der Waals surface area contributed by atoms with Crippen LogP contribution in [0.25, 0.3) is 10.9 Å². The molecule has 8 heteroatoms. The minimum Gasteiger partial charge on any atom is -0.383 e. The molecule has 8 nitrogen and oxygen atoms in total. The van der Waals surface area contributed by atoms with E-state index in [1.165, 1.54) is 0 Å². The molecule has 1 aliphatic rings. The van der Waals surface area contributed by atoms with Crippen molar-refractivity contribution in [2.45, 2.75) is 19.9 Å². The number of ether oxygens (including phenoxy) is 1. The van der Waals surface area contributed by atoms with Gasteiger partial charge in [0.15, 0.2) is 5.69 Å². The molecule has 0 fully saturated rings. The van der Waals surface area contributed by atoms with Gasteiger partial charge in [-0.05, 0) is 19.1 Å². The second-order valence-electron chi connectivity index (χ2n) is 7.15. The number of methoxy groups -OCH3 is 1. The summed E-state index contributed by atoms with van der Waals surface area (Å²) in [5.74, 6) is -0.208. The number of para-hydroxylation sites is 1. The number of hydrogen-bond donors (Lipinski definition) is 2. The monoisotopic (exact) mass is 395 g/mol. The van der Waals surface area contributed by atoms with Crippen molar-refractivity contribution in [1.29, 1.82) is 0 Å². The Labute approximate surface area is 168 Å². The van der Waals surface area contributed by atoms with Gasteiger partial charge in [-0.1, -0.05) is 18.2 Å². The van der Waals surface area contributed by atoms with Gasteiger partial charge in [0, 0.05) is 55.3 Å². The highest BCUT2D eigenvalue weighted by Crippen LogP contribution is 2.24. The standard InChI is InChI=1S/C21H25N5O3/c1-3-25(10-11-29-2)21(28)19-15-13-26(9-8-17(15)23-24-19)20(27)18-12-14-6-4-5-7-16(14)22-18/h4-7,12,22H,3,8-11,13H2,1-2H3,(H,23,24). The van der Waals surface area contributed by atoms with Gasteiger partial charge in [0.25, 0.3) is 11.8 Å². The average molecular weight is 395 g/mol. The fourth-order valence-corrected chi connectivity index (χ4v) is 3.76. The summed E-state index contributed by atoms with van der Waals surface area (Å²) in [7, 11) is 1.61. The average Bonchev–Trinajstić information content (AvgIpc) is 3.37. The number of likely N-dealkylation sites (N-methyl/N-ethyl adjacent to an activating group) is 1. The molecule has 0 spiro atoms. The number of rotatable bonds is 6. The second kappa shape index (κ2) is 8.08. The Bertz CT molecular complexity index is 1010. The van der Waals surface area contributed by atoms with E-state index in [9.17, 15) is 9.59 Å². The highest BCUT2D eigenvalue weighted by Gasteiger charge is 2.30. The molecule has 1 aromatic carbocycles. The van der Waals surface area contributed by atoms with E-state index < -0.39 is 0 Å². The number of hydrogen-bond acceptors (Lipinski definition) is 4. The summed E-state index contributed by atoms with van der Waals surface area (Å²) in [6.07, 6.45) is 0.645. The highest BCUT2D eigenvalue weighted by atomic mass is 16.5. The Hall–Kier alpha value is -3.13. The molecule has 2 N–H and O–H groups in total. The van der Waals surface area contributed by atoms with Gasteiger partial charge < -0.3 is 19.5 Å². The van der Waals surface area contributed by atoms with E-state index in [0.717, 1.165) is 22.2 Å². The van der Waals surface area contributed by atoms with Gasteiger partial charge in [0.1, 0.15) is 5.69 Å². The summed E-state index contributed by atoms with van der Waals surface area (Å²) in [5, 5.41) is 8.27. The third-order valence-corrected chi connectivity index (χ3v) is 5.42. The summed E-state index contributed by atoms with van der Waals surface area (Å²) >= 11 is 0. The van der Waals surface area contributed by atoms with Gasteiger partial charge in [-0.2, -0.15) is 5.10 Å². The first-order chi connectivity index (χ1) is 14.1. The molecule has 3 aromatic rings. The van der Waals surface area contributed by atoms with Crippen LogP contribution in [0.1, 0.15) is 39.2 Å². The number of benzene rings is 1. The largest absolute Gasteiger partial charge is 0.383 e. The summed E-state index contributed by atoms with van der Waals surface area (Å²) in [4.78, 5) is 32.7. The topological polar surface area (TPSA) is 94.3 Å². The van der Waals surface area contributed by atoms with E-state index in [1.807, 2.05) is 37.3 Å². The van der Waals surface area contributed by atoms with E-state index >= 15 is 0 Å². The van der Waals surface area contributed by atoms with E-state index in [-0.39, 0.29) is 11.8 Å². The third-order valence-electron chi connectivity index (χ3n) is 5.42. The highest BCUT2D eigenvalue weighted by molar-refractivity contribution is 5.98. The van der Waals surface area contributed by atoms with Gasteiger partial charge in [0.05, 0.1) is 13.2 Å². The van der Waals surface area contributed by atoms with Crippen molar-refractivity contribution in [3.05, 3.63) is 53.0 Å². The zero-order valence-electron chi connectivity index (χ0n) is 16.7. The maximum absolute atomic E-state index is 13.1. The quantitative estimate of drug-likeness (QED) is 0.669. The summed E-state index contributed by atoms with van der Waals surface area (Å²) in [6.45, 7) is 4.42. The minimum absolute atomic E-state index is 0.0711. The van der Waals surface area contributed by atoms with E-state index in [0.29, 0.717) is 50.6 Å². The van der Waals surface area contributed by atoms with Crippen molar-refractivity contribution < 1.29 is 14.3 Å². The van der Waals surface area contributed by atoms with Crippen molar-refractivity contribution >= 4 is 22.7 Å². The molecule has 0 aliphatic carbocycles. The van der Waals surface area contributed by atoms with Gasteiger partial charge in [-0.15, -0.1) is 0 Å². The molecule has 1 aliphatic heterocycles. The van der Waals surface area contributed by atoms with Crippen molar-refractivity contribution in [3.8, 4) is 0 Å². The molecule has 0 saturated heterocycles. The lowest BCUT2D eigenvalue weighted by molar-refractivity contribution is 0.0684. The minimum atomic E-state index is -0.137. The molecule has 3 heterocycles. The molecular formula is C21H25N5O3. The van der Waals surface area contributed by atoms with Crippen LogP contribution in [-0.2, 0) is 17.7 Å². The first kappa shape index (κ1) is 19.2. The van der Waals surface area contributed by atoms with Gasteiger partial charge in [0.2, 0.25) is 0 Å². The van der Waals surface area contributed by atoms with Crippen LogP contribution in [0.3, 0.4) is 0 Å². The lowest BCUT2D eigenvalue weighted by Crippen LogP contribution is -2.38. The van der Waals surface area contributed by atoms with Crippen LogP contribution in [0.4, 0.5) is 0 Å². The molecule has 0 bridgehead atoms. The number of carbonyl (C=O) groups is 2. The van der Waals surface area contributed by atoms with Crippen LogP contribution in [0.5, 0.6) is 0 Å². The van der Waals surface area contributed by atoms with Crippen LogP contribution in [0.2, 0.25) is 0 Å². The maximum atomic E-state index is 13.1. The molecule has 152 valence electrons. The van der Waals surface area contributed by atoms with Crippen LogP contribution < -0.4 is 0 Å². The molecule has 2 amide bonds. The predicted molar refractivity (Wildman–Crippen MR) is 109 cm³/mol. The number of H-pyrrole nitrogens is 2. The van der Waals surface area contributed by atoms with Crippen LogP contribution >= 0.6 is 0 Å². The van der Waals surface area contributed by atoms with E-state index in [1.54, 1.807) is 16.9 Å². The number of nitrogens with zero attached hydrogens (tertiary/aromatic N) is 3. The Morgan fingerprint density at radius 3 is 2.90 bits per heavy atom. The fraction of sp³-hybridized carbons (Fsp3) is 0.381. The SMILES string of the molecule is CCN(CCOC)C(=O)c1n[nH]c2c1CN(C(=O)c1cc3ccccc3[nH]1)CC2. The lowest BCUT2D eigenvalue weighted by Gasteiger charge is -2.27. The molecule has 0 radical (unpaired) electrons. The number of nitrogens with one attached hydrogen (secondary N) is 2. The van der Waals surface area contributed by atoms with Crippen LogP contribution in [-0.4, -0.2) is 70.1 Å². The molecule has 4 rings (SSSR count). The normalized spacial score (nSPS) is 13.5. The van der Waals surface area contributed by atoms with Crippen LogP contribution in [0.15, 0.2) is 30.3 Å². The van der Waals surface area contributed by atoms with Crippen molar-refractivity contribution in [2.24, 2.45) is 0 Å². The van der Waals surface area contributed by atoms with E-state index in [2.05, 4.69) is 15.2 Å². The van der Waals surface area contributed by atoms with Crippen molar-refractivity contribution in [1.82, 2.24) is 25.0 Å². The van der Waals surface area contributed by atoms with Gasteiger partial charge in [-0.3, -0.25) is 14.7 Å². The summed E-state index contributed by atoms with van der Waals surface area (Å²) < 4.78 is 5.10.